The molecular weight excluding hydrogens is 294 g/mol. The Kier molecular flexibility index (Phi) is 3.40. The van der Waals surface area contributed by atoms with E-state index in [1.807, 2.05) is 35.0 Å². The predicted molar refractivity (Wildman–Crippen MR) is 81.5 cm³/mol. The Labute approximate surface area is 132 Å². The lowest BCUT2D eigenvalue weighted by molar-refractivity contribution is 0.0405. The molecule has 2 N–H and O–H groups in total. The Morgan fingerprint density at radius 1 is 1.26 bits per heavy atom. The van der Waals surface area contributed by atoms with Crippen molar-refractivity contribution in [3.63, 3.8) is 0 Å². The predicted octanol–water partition coefficient (Wildman–Crippen LogP) is 0.479. The minimum atomic E-state index is -0.954. The molecule has 0 saturated carbocycles. The molecule has 0 aliphatic carbocycles. The molecule has 0 bridgehead atoms. The molecule has 3 heterocycles. The van der Waals surface area contributed by atoms with Crippen LogP contribution in [-0.4, -0.2) is 53.3 Å². The highest BCUT2D eigenvalue weighted by Crippen LogP contribution is 2.30. The minimum Gasteiger partial charge on any atom is -0.382 e. The van der Waals surface area contributed by atoms with E-state index >= 15 is 0 Å². The maximum atomic E-state index is 10.7. The van der Waals surface area contributed by atoms with Gasteiger partial charge in [-0.1, -0.05) is 18.2 Å². The fraction of sp³-hybridized carbons (Fsp3) is 0.333. The number of H-pyrrole nitrogens is 1. The van der Waals surface area contributed by atoms with Crippen molar-refractivity contribution in [2.24, 2.45) is 0 Å². The van der Waals surface area contributed by atoms with Gasteiger partial charge in [0.05, 0.1) is 18.4 Å². The molecule has 2 aromatic heterocycles. The zero-order valence-corrected chi connectivity index (χ0v) is 12.5. The average Bonchev–Trinajstić information content (AvgIpc) is 3.30. The van der Waals surface area contributed by atoms with E-state index in [1.54, 1.807) is 12.5 Å². The van der Waals surface area contributed by atoms with Gasteiger partial charge in [0.25, 0.3) is 0 Å². The number of nitrogens with one attached hydrogen (secondary N) is 1. The topological polar surface area (TPSA) is 95.8 Å². The van der Waals surface area contributed by atoms with E-state index < -0.39 is 5.60 Å². The van der Waals surface area contributed by atoms with Crippen molar-refractivity contribution < 1.29 is 5.11 Å². The number of para-hydroxylation sites is 1. The van der Waals surface area contributed by atoms with Gasteiger partial charge in [-0.05, 0) is 18.6 Å². The van der Waals surface area contributed by atoms with Crippen LogP contribution in [0.5, 0.6) is 0 Å². The molecule has 8 heteroatoms. The van der Waals surface area contributed by atoms with Crippen molar-refractivity contribution in [1.29, 1.82) is 0 Å². The van der Waals surface area contributed by atoms with Crippen molar-refractivity contribution >= 4 is 0 Å². The van der Waals surface area contributed by atoms with Gasteiger partial charge >= 0.3 is 0 Å². The number of hydrogen-bond donors (Lipinski definition) is 2. The maximum absolute atomic E-state index is 10.7. The van der Waals surface area contributed by atoms with Crippen molar-refractivity contribution in [3.05, 3.63) is 54.4 Å². The first-order chi connectivity index (χ1) is 11.2. The molecule has 3 aromatic rings. The summed E-state index contributed by atoms with van der Waals surface area (Å²) < 4.78 is 1.83. The molecule has 1 atom stereocenters. The van der Waals surface area contributed by atoms with Crippen molar-refractivity contribution in [3.8, 4) is 5.69 Å². The quantitative estimate of drug-likeness (QED) is 0.727. The number of hydrogen-bond acceptors (Lipinski definition) is 6. The number of aromatic amines is 1. The minimum absolute atomic E-state index is 0.501. The summed E-state index contributed by atoms with van der Waals surface area (Å²) >= 11 is 0. The largest absolute Gasteiger partial charge is 0.382 e. The van der Waals surface area contributed by atoms with Crippen LogP contribution in [0.2, 0.25) is 0 Å². The van der Waals surface area contributed by atoms with Crippen LogP contribution in [0.1, 0.15) is 17.9 Å². The Bertz CT molecular complexity index is 770. The Morgan fingerprint density at radius 3 is 2.91 bits per heavy atom. The highest BCUT2D eigenvalue weighted by Gasteiger charge is 2.40. The number of aromatic nitrogens is 6. The third kappa shape index (κ3) is 2.62. The molecule has 0 spiro atoms. The summed E-state index contributed by atoms with van der Waals surface area (Å²) in [5.74, 6) is 0.848. The first kappa shape index (κ1) is 14.0. The molecule has 1 aromatic carbocycles. The summed E-state index contributed by atoms with van der Waals surface area (Å²) in [4.78, 5) is 6.51. The van der Waals surface area contributed by atoms with Crippen LogP contribution in [0.25, 0.3) is 5.69 Å². The fourth-order valence-electron chi connectivity index (χ4n) is 3.00. The van der Waals surface area contributed by atoms with Gasteiger partial charge in [0.15, 0.2) is 0 Å². The lowest BCUT2D eigenvalue weighted by Gasteiger charge is -2.20. The second kappa shape index (κ2) is 5.56. The number of β-amino-alcohol motifs (C(OH)–C–C–N with tert-alkyl or cyclic N) is 1. The fourth-order valence-corrected chi connectivity index (χ4v) is 3.00. The Morgan fingerprint density at radius 2 is 2.13 bits per heavy atom. The Hall–Kier alpha value is -2.58. The summed E-state index contributed by atoms with van der Waals surface area (Å²) in [6.45, 7) is 1.89. The third-order valence-corrected chi connectivity index (χ3v) is 4.20. The van der Waals surface area contributed by atoms with Gasteiger partial charge in [0.1, 0.15) is 23.4 Å². The van der Waals surface area contributed by atoms with Gasteiger partial charge in [-0.25, -0.2) is 9.67 Å². The first-order valence-electron chi connectivity index (χ1n) is 7.50. The van der Waals surface area contributed by atoms with E-state index in [1.165, 1.54) is 0 Å². The second-order valence-electron chi connectivity index (χ2n) is 5.77. The van der Waals surface area contributed by atoms with Crippen LogP contribution in [-0.2, 0) is 12.1 Å². The molecule has 23 heavy (non-hydrogen) atoms. The van der Waals surface area contributed by atoms with Gasteiger partial charge in [-0.2, -0.15) is 20.5 Å². The molecule has 0 amide bonds. The molecule has 1 aliphatic heterocycles. The molecule has 1 unspecified atom stereocenters. The van der Waals surface area contributed by atoms with E-state index in [-0.39, 0.29) is 0 Å². The van der Waals surface area contributed by atoms with E-state index in [2.05, 4.69) is 30.4 Å². The number of benzene rings is 1. The van der Waals surface area contributed by atoms with E-state index in [9.17, 15) is 5.11 Å². The summed E-state index contributed by atoms with van der Waals surface area (Å²) in [7, 11) is 0. The van der Waals surface area contributed by atoms with E-state index in [4.69, 9.17) is 0 Å². The first-order valence-corrected chi connectivity index (χ1v) is 7.50. The molecular formula is C15H17N7O. The van der Waals surface area contributed by atoms with E-state index in [0.29, 0.717) is 25.2 Å². The number of likely N-dealkylation sites (tertiary alicyclic amines) is 1. The molecule has 1 fully saturated rings. The van der Waals surface area contributed by atoms with Crippen LogP contribution >= 0.6 is 0 Å². The van der Waals surface area contributed by atoms with Gasteiger partial charge in [0.2, 0.25) is 0 Å². The summed E-state index contributed by atoms with van der Waals surface area (Å²) in [5.41, 5.74) is 0.611. The average molecular weight is 311 g/mol. The SMILES string of the molecule is OC1(c2cn[nH]n2)CCN(Cc2ncnn2-c2ccccc2)C1. The van der Waals surface area contributed by atoms with Crippen LogP contribution in [0.4, 0.5) is 0 Å². The molecule has 118 valence electrons. The summed E-state index contributed by atoms with van der Waals surface area (Å²) in [5, 5.41) is 25.4. The molecule has 1 saturated heterocycles. The van der Waals surface area contributed by atoms with Crippen LogP contribution in [0.3, 0.4) is 0 Å². The van der Waals surface area contributed by atoms with Gasteiger partial charge in [-0.3, -0.25) is 4.90 Å². The number of nitrogens with zero attached hydrogens (tertiary/aromatic N) is 6. The monoisotopic (exact) mass is 311 g/mol. The normalized spacial score (nSPS) is 21.8. The highest BCUT2D eigenvalue weighted by atomic mass is 16.3. The maximum Gasteiger partial charge on any atom is 0.146 e. The van der Waals surface area contributed by atoms with Gasteiger partial charge in [-0.15, -0.1) is 0 Å². The molecule has 8 nitrogen and oxygen atoms in total. The number of rotatable bonds is 4. The zero-order chi connectivity index (χ0) is 15.7. The smallest absolute Gasteiger partial charge is 0.146 e. The Balaban J connectivity index is 1.51. The van der Waals surface area contributed by atoms with Gasteiger partial charge in [0, 0.05) is 13.1 Å². The zero-order valence-electron chi connectivity index (χ0n) is 12.5. The van der Waals surface area contributed by atoms with Crippen molar-refractivity contribution in [1.82, 2.24) is 35.1 Å². The summed E-state index contributed by atoms with van der Waals surface area (Å²) in [6, 6.07) is 9.90. The lowest BCUT2D eigenvalue weighted by atomic mass is 10.0. The van der Waals surface area contributed by atoms with Crippen LogP contribution in [0.15, 0.2) is 42.9 Å². The molecule has 4 rings (SSSR count). The standard InChI is InChI=1S/C15H17N7O/c23-15(13-8-17-20-19-13)6-7-21(10-15)9-14-16-11-18-22(14)12-4-2-1-3-5-12/h1-5,8,11,23H,6-7,9-10H2,(H,17,19,20). The third-order valence-electron chi connectivity index (χ3n) is 4.20. The number of aliphatic hydroxyl groups is 1. The van der Waals surface area contributed by atoms with Crippen LogP contribution in [0, 0.1) is 0 Å². The van der Waals surface area contributed by atoms with Crippen LogP contribution < -0.4 is 0 Å². The highest BCUT2D eigenvalue weighted by molar-refractivity contribution is 5.30. The van der Waals surface area contributed by atoms with Gasteiger partial charge < -0.3 is 5.11 Å². The second-order valence-corrected chi connectivity index (χ2v) is 5.77. The van der Waals surface area contributed by atoms with E-state index in [0.717, 1.165) is 18.1 Å². The van der Waals surface area contributed by atoms with Crippen molar-refractivity contribution in [2.45, 2.75) is 18.6 Å². The molecule has 1 aliphatic rings. The summed E-state index contributed by atoms with van der Waals surface area (Å²) in [6.07, 6.45) is 3.76. The lowest BCUT2D eigenvalue weighted by Crippen LogP contribution is -2.31. The van der Waals surface area contributed by atoms with Crippen molar-refractivity contribution in [2.75, 3.05) is 13.1 Å². The molecule has 0 radical (unpaired) electrons.